The largest absolute Gasteiger partial charge is 0.497 e. The van der Waals surface area contributed by atoms with Crippen LogP contribution in [0.3, 0.4) is 0 Å². The summed E-state index contributed by atoms with van der Waals surface area (Å²) in [5.74, 6) is 0.770. The Labute approximate surface area is 126 Å². The Morgan fingerprint density at radius 3 is 2.81 bits per heavy atom. The second-order valence-electron chi connectivity index (χ2n) is 5.92. The van der Waals surface area contributed by atoms with E-state index in [2.05, 4.69) is 17.6 Å². The van der Waals surface area contributed by atoms with Crippen molar-refractivity contribution < 1.29 is 9.53 Å². The minimum Gasteiger partial charge on any atom is -0.497 e. The van der Waals surface area contributed by atoms with Crippen molar-refractivity contribution in [2.24, 2.45) is 5.41 Å². The van der Waals surface area contributed by atoms with Crippen molar-refractivity contribution in [3.8, 4) is 5.75 Å². The number of hydrogen-bond acceptors (Lipinski definition) is 3. The SMILES string of the molecule is COc1ccc(/C=C/C(=O)NCC2(C)CCCNC2)cc1. The minimum atomic E-state index is -0.0439. The lowest BCUT2D eigenvalue weighted by atomic mass is 9.83. The predicted molar refractivity (Wildman–Crippen MR) is 85.2 cm³/mol. The monoisotopic (exact) mass is 288 g/mol. The van der Waals surface area contributed by atoms with E-state index in [1.54, 1.807) is 13.2 Å². The number of benzene rings is 1. The molecule has 0 radical (unpaired) electrons. The summed E-state index contributed by atoms with van der Waals surface area (Å²) in [4.78, 5) is 11.9. The molecule has 1 amide bonds. The third-order valence-corrected chi connectivity index (χ3v) is 3.92. The maximum atomic E-state index is 11.9. The van der Waals surface area contributed by atoms with Gasteiger partial charge in [0.05, 0.1) is 7.11 Å². The third kappa shape index (κ3) is 4.90. The Balaban J connectivity index is 1.81. The molecule has 1 heterocycles. The van der Waals surface area contributed by atoms with Gasteiger partial charge in [0.2, 0.25) is 5.91 Å². The van der Waals surface area contributed by atoms with Gasteiger partial charge in [0, 0.05) is 19.2 Å². The zero-order chi connectivity index (χ0) is 15.1. The average molecular weight is 288 g/mol. The number of rotatable bonds is 5. The highest BCUT2D eigenvalue weighted by molar-refractivity contribution is 5.91. The molecule has 21 heavy (non-hydrogen) atoms. The van der Waals surface area contributed by atoms with E-state index >= 15 is 0 Å². The van der Waals surface area contributed by atoms with Crippen molar-refractivity contribution in [1.82, 2.24) is 10.6 Å². The number of piperidine rings is 1. The van der Waals surface area contributed by atoms with Crippen LogP contribution in [0.4, 0.5) is 0 Å². The zero-order valence-corrected chi connectivity index (χ0v) is 12.8. The Hall–Kier alpha value is -1.81. The first-order chi connectivity index (χ1) is 10.1. The van der Waals surface area contributed by atoms with Gasteiger partial charge in [0.25, 0.3) is 0 Å². The molecule has 1 saturated heterocycles. The molecule has 0 saturated carbocycles. The van der Waals surface area contributed by atoms with Gasteiger partial charge < -0.3 is 15.4 Å². The van der Waals surface area contributed by atoms with E-state index < -0.39 is 0 Å². The van der Waals surface area contributed by atoms with Crippen molar-refractivity contribution in [1.29, 1.82) is 0 Å². The van der Waals surface area contributed by atoms with E-state index in [0.717, 1.165) is 30.8 Å². The molecule has 0 spiro atoms. The Morgan fingerprint density at radius 2 is 2.19 bits per heavy atom. The first-order valence-electron chi connectivity index (χ1n) is 7.42. The Morgan fingerprint density at radius 1 is 1.43 bits per heavy atom. The minimum absolute atomic E-state index is 0.0439. The number of ether oxygens (including phenoxy) is 1. The molecular formula is C17H24N2O2. The lowest BCUT2D eigenvalue weighted by molar-refractivity contribution is -0.116. The van der Waals surface area contributed by atoms with Crippen LogP contribution in [0.15, 0.2) is 30.3 Å². The summed E-state index contributed by atoms with van der Waals surface area (Å²) in [6.45, 7) is 4.98. The van der Waals surface area contributed by atoms with Crippen molar-refractivity contribution >= 4 is 12.0 Å². The van der Waals surface area contributed by atoms with Crippen LogP contribution >= 0.6 is 0 Å². The number of amides is 1. The highest BCUT2D eigenvalue weighted by Gasteiger charge is 2.26. The Kier molecular flexibility index (Phi) is 5.39. The molecule has 1 aliphatic heterocycles. The lowest BCUT2D eigenvalue weighted by Crippen LogP contribution is -2.45. The molecule has 2 N–H and O–H groups in total. The van der Waals surface area contributed by atoms with Gasteiger partial charge in [-0.25, -0.2) is 0 Å². The van der Waals surface area contributed by atoms with E-state index in [9.17, 15) is 4.79 Å². The highest BCUT2D eigenvalue weighted by Crippen LogP contribution is 2.24. The van der Waals surface area contributed by atoms with E-state index in [-0.39, 0.29) is 11.3 Å². The van der Waals surface area contributed by atoms with E-state index in [1.165, 1.54) is 6.42 Å². The van der Waals surface area contributed by atoms with Gasteiger partial charge in [-0.2, -0.15) is 0 Å². The summed E-state index contributed by atoms with van der Waals surface area (Å²) < 4.78 is 5.10. The average Bonchev–Trinajstić information content (AvgIpc) is 2.52. The molecule has 0 aliphatic carbocycles. The van der Waals surface area contributed by atoms with Crippen LogP contribution in [0.2, 0.25) is 0 Å². The van der Waals surface area contributed by atoms with E-state index in [0.29, 0.717) is 6.54 Å². The maximum Gasteiger partial charge on any atom is 0.244 e. The second-order valence-corrected chi connectivity index (χ2v) is 5.92. The fraction of sp³-hybridized carbons (Fsp3) is 0.471. The zero-order valence-electron chi connectivity index (χ0n) is 12.8. The molecule has 0 bridgehead atoms. The molecule has 1 atom stereocenters. The van der Waals surface area contributed by atoms with Crippen LogP contribution in [0.1, 0.15) is 25.3 Å². The maximum absolute atomic E-state index is 11.9. The molecule has 1 aromatic rings. The summed E-state index contributed by atoms with van der Waals surface area (Å²) in [7, 11) is 1.64. The van der Waals surface area contributed by atoms with Gasteiger partial charge in [-0.15, -0.1) is 0 Å². The van der Waals surface area contributed by atoms with E-state index in [1.807, 2.05) is 30.3 Å². The molecule has 1 fully saturated rings. The van der Waals surface area contributed by atoms with Gasteiger partial charge >= 0.3 is 0 Å². The van der Waals surface area contributed by atoms with Crippen molar-refractivity contribution in [2.45, 2.75) is 19.8 Å². The topological polar surface area (TPSA) is 50.4 Å². The quantitative estimate of drug-likeness (QED) is 0.817. The molecular weight excluding hydrogens is 264 g/mol. The van der Waals surface area contributed by atoms with Crippen LogP contribution in [0, 0.1) is 5.41 Å². The molecule has 4 heteroatoms. The summed E-state index contributed by atoms with van der Waals surface area (Å²) in [5, 5.41) is 6.38. The van der Waals surface area contributed by atoms with Gasteiger partial charge in [0.1, 0.15) is 5.75 Å². The van der Waals surface area contributed by atoms with Gasteiger partial charge in [-0.1, -0.05) is 19.1 Å². The normalized spacial score (nSPS) is 22.2. The molecule has 0 aromatic heterocycles. The highest BCUT2D eigenvalue weighted by atomic mass is 16.5. The number of methoxy groups -OCH3 is 1. The van der Waals surface area contributed by atoms with Gasteiger partial charge in [-0.05, 0) is 48.6 Å². The van der Waals surface area contributed by atoms with Gasteiger partial charge in [0.15, 0.2) is 0 Å². The molecule has 1 unspecified atom stereocenters. The smallest absolute Gasteiger partial charge is 0.244 e. The van der Waals surface area contributed by atoms with Crippen LogP contribution in [-0.2, 0) is 4.79 Å². The van der Waals surface area contributed by atoms with Crippen molar-refractivity contribution in [3.63, 3.8) is 0 Å². The first-order valence-corrected chi connectivity index (χ1v) is 7.42. The van der Waals surface area contributed by atoms with Crippen LogP contribution in [-0.4, -0.2) is 32.7 Å². The standard InChI is InChI=1S/C17H24N2O2/c1-17(10-3-11-18-12-17)13-19-16(20)9-6-14-4-7-15(21-2)8-5-14/h4-9,18H,3,10-13H2,1-2H3,(H,19,20)/b9-6+. The van der Waals surface area contributed by atoms with Gasteiger partial charge in [-0.3, -0.25) is 4.79 Å². The summed E-state index contributed by atoms with van der Waals surface area (Å²) in [5.41, 5.74) is 1.15. The predicted octanol–water partition coefficient (Wildman–Crippen LogP) is 2.21. The molecule has 1 aliphatic rings. The van der Waals surface area contributed by atoms with E-state index in [4.69, 9.17) is 4.74 Å². The first kappa shape index (κ1) is 15.6. The molecule has 2 rings (SSSR count). The lowest BCUT2D eigenvalue weighted by Gasteiger charge is -2.34. The van der Waals surface area contributed by atoms with Crippen LogP contribution in [0.5, 0.6) is 5.75 Å². The Bertz CT molecular complexity index is 488. The number of carbonyl (C=O) groups excluding carboxylic acids is 1. The molecule has 1 aromatic carbocycles. The second kappa shape index (κ2) is 7.27. The summed E-state index contributed by atoms with van der Waals surface area (Å²) in [6.07, 6.45) is 5.73. The van der Waals surface area contributed by atoms with Crippen LogP contribution in [0.25, 0.3) is 6.08 Å². The fourth-order valence-electron chi connectivity index (χ4n) is 2.52. The van der Waals surface area contributed by atoms with Crippen molar-refractivity contribution in [2.75, 3.05) is 26.7 Å². The molecule has 114 valence electrons. The fourth-order valence-corrected chi connectivity index (χ4v) is 2.52. The number of carbonyl (C=O) groups is 1. The molecule has 4 nitrogen and oxygen atoms in total. The summed E-state index contributed by atoms with van der Waals surface area (Å²) >= 11 is 0. The number of hydrogen-bond donors (Lipinski definition) is 2. The number of nitrogens with one attached hydrogen (secondary N) is 2. The third-order valence-electron chi connectivity index (χ3n) is 3.92. The summed E-state index contributed by atoms with van der Waals surface area (Å²) in [6, 6.07) is 7.61. The van der Waals surface area contributed by atoms with Crippen LogP contribution < -0.4 is 15.4 Å². The van der Waals surface area contributed by atoms with Crippen molar-refractivity contribution in [3.05, 3.63) is 35.9 Å².